The van der Waals surface area contributed by atoms with E-state index in [4.69, 9.17) is 11.6 Å². The minimum Gasteiger partial charge on any atom is -0.352 e. The first-order chi connectivity index (χ1) is 9.44. The molecule has 1 aliphatic heterocycles. The number of hydrogen-bond acceptors (Lipinski definition) is 3. The molecule has 1 aromatic carbocycles. The summed E-state index contributed by atoms with van der Waals surface area (Å²) in [5.41, 5.74) is 0.971. The molecule has 110 valence electrons. The monoisotopic (exact) mass is 315 g/mol. The molecule has 0 aliphatic carbocycles. The molecule has 0 spiro atoms. The largest absolute Gasteiger partial charge is 0.352 e. The summed E-state index contributed by atoms with van der Waals surface area (Å²) < 4.78 is 23.0. The van der Waals surface area contributed by atoms with E-state index in [0.717, 1.165) is 12.0 Å². The molecule has 4 nitrogen and oxygen atoms in total. The molecule has 6 heteroatoms. The highest BCUT2D eigenvalue weighted by molar-refractivity contribution is 7.91. The Hall–Kier alpha value is -1.07. The molecule has 1 saturated heterocycles. The predicted molar refractivity (Wildman–Crippen MR) is 79.3 cm³/mol. The summed E-state index contributed by atoms with van der Waals surface area (Å²) in [6.45, 7) is 0.440. The van der Waals surface area contributed by atoms with E-state index in [1.165, 1.54) is 0 Å². The summed E-state index contributed by atoms with van der Waals surface area (Å²) in [4.78, 5) is 11.8. The van der Waals surface area contributed by atoms with Crippen LogP contribution in [-0.2, 0) is 21.2 Å². The maximum atomic E-state index is 11.8. The highest BCUT2D eigenvalue weighted by Crippen LogP contribution is 2.21. The van der Waals surface area contributed by atoms with Crippen LogP contribution in [0.2, 0.25) is 5.02 Å². The topological polar surface area (TPSA) is 63.2 Å². The van der Waals surface area contributed by atoms with Crippen molar-refractivity contribution in [2.24, 2.45) is 5.92 Å². The molecular weight excluding hydrogens is 298 g/mol. The number of nitrogens with one attached hydrogen (secondary N) is 1. The van der Waals surface area contributed by atoms with Crippen molar-refractivity contribution in [1.82, 2.24) is 5.32 Å². The molecule has 1 fully saturated rings. The van der Waals surface area contributed by atoms with Gasteiger partial charge in [0.2, 0.25) is 5.91 Å². The third kappa shape index (κ3) is 4.80. The van der Waals surface area contributed by atoms with Crippen molar-refractivity contribution in [2.75, 3.05) is 11.5 Å². The normalized spacial score (nSPS) is 21.4. The fourth-order valence-electron chi connectivity index (χ4n) is 2.42. The number of halogens is 1. The molecule has 1 unspecified atom stereocenters. The number of hydrogen-bond donors (Lipinski definition) is 1. The zero-order valence-electron chi connectivity index (χ0n) is 11.1. The first kappa shape index (κ1) is 15.3. The Balaban J connectivity index is 1.79. The fraction of sp³-hybridized carbons (Fsp3) is 0.500. The molecule has 20 heavy (non-hydrogen) atoms. The maximum Gasteiger partial charge on any atom is 0.220 e. The van der Waals surface area contributed by atoms with Gasteiger partial charge in [0.05, 0.1) is 11.5 Å². The van der Waals surface area contributed by atoms with E-state index in [2.05, 4.69) is 5.32 Å². The van der Waals surface area contributed by atoms with Gasteiger partial charge in [0.15, 0.2) is 9.84 Å². The molecule has 1 atom stereocenters. The van der Waals surface area contributed by atoms with Crippen molar-refractivity contribution in [3.63, 3.8) is 0 Å². The van der Waals surface area contributed by atoms with E-state index < -0.39 is 9.84 Å². The predicted octanol–water partition coefficient (Wildman–Crippen LogP) is 2.17. The lowest BCUT2D eigenvalue weighted by atomic mass is 10.0. The third-order valence-corrected chi connectivity index (χ3v) is 5.58. The molecule has 0 saturated carbocycles. The SMILES string of the molecule is O=C(CC1CCCS(=O)(=O)C1)NCc1ccc(Cl)cc1. The second kappa shape index (κ2) is 6.59. The molecule has 1 aromatic rings. The second-order valence-corrected chi connectivity index (χ2v) is 7.90. The van der Waals surface area contributed by atoms with Gasteiger partial charge in [-0.25, -0.2) is 8.42 Å². The summed E-state index contributed by atoms with van der Waals surface area (Å²) in [7, 11) is -2.94. The summed E-state index contributed by atoms with van der Waals surface area (Å²) >= 11 is 5.79. The first-order valence-electron chi connectivity index (χ1n) is 6.66. The van der Waals surface area contributed by atoms with Gasteiger partial charge in [0, 0.05) is 18.0 Å². The summed E-state index contributed by atoms with van der Waals surface area (Å²) in [6, 6.07) is 7.26. The number of amides is 1. The van der Waals surface area contributed by atoms with Crippen LogP contribution in [0, 0.1) is 5.92 Å². The van der Waals surface area contributed by atoms with Crippen LogP contribution in [0.5, 0.6) is 0 Å². The van der Waals surface area contributed by atoms with Gasteiger partial charge in [-0.1, -0.05) is 23.7 Å². The average molecular weight is 316 g/mol. The molecule has 0 aromatic heterocycles. The van der Waals surface area contributed by atoms with Crippen molar-refractivity contribution < 1.29 is 13.2 Å². The molecule has 2 rings (SSSR count). The third-order valence-electron chi connectivity index (χ3n) is 3.43. The number of rotatable bonds is 4. The van der Waals surface area contributed by atoms with Gasteiger partial charge in [-0.15, -0.1) is 0 Å². The number of benzene rings is 1. The van der Waals surface area contributed by atoms with Crippen LogP contribution in [0.25, 0.3) is 0 Å². The van der Waals surface area contributed by atoms with Crippen LogP contribution in [0.4, 0.5) is 0 Å². The van der Waals surface area contributed by atoms with Gasteiger partial charge in [-0.05, 0) is 36.5 Å². The molecular formula is C14H18ClNO3S. The summed E-state index contributed by atoms with van der Waals surface area (Å²) in [5, 5.41) is 3.48. The second-order valence-electron chi connectivity index (χ2n) is 5.23. The van der Waals surface area contributed by atoms with Crippen molar-refractivity contribution >= 4 is 27.3 Å². The lowest BCUT2D eigenvalue weighted by molar-refractivity contribution is -0.122. The molecule has 1 N–H and O–H groups in total. The Morgan fingerprint density at radius 3 is 2.65 bits per heavy atom. The standard InChI is InChI=1S/C14H18ClNO3S/c15-13-5-3-11(4-6-13)9-16-14(17)8-12-2-1-7-20(18,19)10-12/h3-6,12H,1-2,7-10H2,(H,16,17). The quantitative estimate of drug-likeness (QED) is 0.926. The lowest BCUT2D eigenvalue weighted by Gasteiger charge is -2.21. The summed E-state index contributed by atoms with van der Waals surface area (Å²) in [6.07, 6.45) is 1.76. The lowest BCUT2D eigenvalue weighted by Crippen LogP contribution is -2.31. The Bertz CT molecular complexity index is 569. The van der Waals surface area contributed by atoms with Gasteiger partial charge in [-0.3, -0.25) is 4.79 Å². The van der Waals surface area contributed by atoms with Crippen molar-refractivity contribution in [2.45, 2.75) is 25.8 Å². The van der Waals surface area contributed by atoms with Crippen LogP contribution in [0.15, 0.2) is 24.3 Å². The highest BCUT2D eigenvalue weighted by atomic mass is 35.5. The fourth-order valence-corrected chi connectivity index (χ4v) is 4.32. The Morgan fingerprint density at radius 1 is 1.30 bits per heavy atom. The van der Waals surface area contributed by atoms with Crippen molar-refractivity contribution in [3.8, 4) is 0 Å². The van der Waals surface area contributed by atoms with E-state index >= 15 is 0 Å². The zero-order chi connectivity index (χ0) is 14.6. The van der Waals surface area contributed by atoms with E-state index in [0.29, 0.717) is 18.0 Å². The Morgan fingerprint density at radius 2 is 2.00 bits per heavy atom. The number of carbonyl (C=O) groups excluding carboxylic acids is 1. The Labute approximate surface area is 124 Å². The van der Waals surface area contributed by atoms with Crippen LogP contribution in [0.1, 0.15) is 24.8 Å². The first-order valence-corrected chi connectivity index (χ1v) is 8.86. The molecule has 1 amide bonds. The van der Waals surface area contributed by atoms with E-state index in [1.807, 2.05) is 12.1 Å². The molecule has 1 heterocycles. The minimum atomic E-state index is -2.94. The number of sulfone groups is 1. The van der Waals surface area contributed by atoms with Crippen molar-refractivity contribution in [3.05, 3.63) is 34.9 Å². The number of carbonyl (C=O) groups is 1. The van der Waals surface area contributed by atoms with Crippen LogP contribution >= 0.6 is 11.6 Å². The molecule has 1 aliphatic rings. The zero-order valence-corrected chi connectivity index (χ0v) is 12.7. The van der Waals surface area contributed by atoms with E-state index in [1.54, 1.807) is 12.1 Å². The summed E-state index contributed by atoms with van der Waals surface area (Å²) in [5.74, 6) is 0.262. The van der Waals surface area contributed by atoms with Gasteiger partial charge < -0.3 is 5.32 Å². The van der Waals surface area contributed by atoms with Gasteiger partial charge in [0.1, 0.15) is 0 Å². The van der Waals surface area contributed by atoms with Gasteiger partial charge in [-0.2, -0.15) is 0 Å². The van der Waals surface area contributed by atoms with Gasteiger partial charge in [0.25, 0.3) is 0 Å². The minimum absolute atomic E-state index is 0.0426. The highest BCUT2D eigenvalue weighted by Gasteiger charge is 2.26. The average Bonchev–Trinajstić information content (AvgIpc) is 2.37. The van der Waals surface area contributed by atoms with E-state index in [-0.39, 0.29) is 29.8 Å². The Kier molecular flexibility index (Phi) is 5.05. The van der Waals surface area contributed by atoms with Crippen molar-refractivity contribution in [1.29, 1.82) is 0 Å². The van der Waals surface area contributed by atoms with E-state index in [9.17, 15) is 13.2 Å². The smallest absolute Gasteiger partial charge is 0.220 e. The van der Waals surface area contributed by atoms with Crippen LogP contribution in [-0.4, -0.2) is 25.8 Å². The van der Waals surface area contributed by atoms with Crippen LogP contribution in [0.3, 0.4) is 0 Å². The maximum absolute atomic E-state index is 11.8. The van der Waals surface area contributed by atoms with Crippen LogP contribution < -0.4 is 5.32 Å². The molecule has 0 radical (unpaired) electrons. The van der Waals surface area contributed by atoms with Gasteiger partial charge >= 0.3 is 0 Å². The molecule has 0 bridgehead atoms.